The molecule has 0 atom stereocenters. The molecule has 0 saturated carbocycles. The minimum atomic E-state index is -6.04. The van der Waals surface area contributed by atoms with Gasteiger partial charge >= 0.3 is 12.4 Å². The molecule has 0 fully saturated rings. The molecule has 0 radical (unpaired) electrons. The summed E-state index contributed by atoms with van der Waals surface area (Å²) in [6.07, 6.45) is -12.0. The van der Waals surface area contributed by atoms with Gasteiger partial charge in [-0.3, -0.25) is 9.36 Å². The lowest BCUT2D eigenvalue weighted by atomic mass is 9.92. The van der Waals surface area contributed by atoms with Crippen LogP contribution in [0, 0.1) is 0 Å². The Morgan fingerprint density at radius 1 is 0.842 bits per heavy atom. The average Bonchev–Trinajstić information content (AvgIpc) is 2.87. The fourth-order valence-electron chi connectivity index (χ4n) is 4.06. The Hall–Kier alpha value is -4.06. The van der Waals surface area contributed by atoms with E-state index in [1.165, 1.54) is 26.4 Å². The van der Waals surface area contributed by atoms with Gasteiger partial charge in [-0.05, 0) is 23.8 Å². The number of alkyl halides is 6. The Balaban J connectivity index is 1.95. The summed E-state index contributed by atoms with van der Waals surface area (Å²) in [4.78, 5) is 18.2. The van der Waals surface area contributed by atoms with Crippen molar-refractivity contribution >= 4 is 10.9 Å². The van der Waals surface area contributed by atoms with Crippen LogP contribution in [0.2, 0.25) is 0 Å². The predicted octanol–water partition coefficient (Wildman–Crippen LogP) is 5.31. The van der Waals surface area contributed by atoms with Crippen molar-refractivity contribution in [3.8, 4) is 17.2 Å². The molecule has 1 heterocycles. The van der Waals surface area contributed by atoms with Crippen LogP contribution in [0.25, 0.3) is 16.6 Å². The highest BCUT2D eigenvalue weighted by Gasteiger charge is 2.71. The van der Waals surface area contributed by atoms with Gasteiger partial charge in [0.2, 0.25) is 0 Å². The van der Waals surface area contributed by atoms with Crippen molar-refractivity contribution in [3.05, 3.63) is 94.0 Å². The van der Waals surface area contributed by atoms with Crippen LogP contribution >= 0.6 is 0 Å². The van der Waals surface area contributed by atoms with Crippen molar-refractivity contribution < 1.29 is 40.9 Å². The average molecular weight is 538 g/mol. The number of fused-ring (bicyclic) bond motifs is 1. The van der Waals surface area contributed by atoms with Crippen LogP contribution in [0.4, 0.5) is 26.3 Å². The number of rotatable bonds is 6. The zero-order chi connectivity index (χ0) is 27.9. The van der Waals surface area contributed by atoms with Crippen molar-refractivity contribution in [2.24, 2.45) is 0 Å². The third-order valence-electron chi connectivity index (χ3n) is 6.01. The second-order valence-electron chi connectivity index (χ2n) is 8.31. The molecule has 0 aliphatic carbocycles. The molecule has 1 aromatic heterocycles. The second-order valence-corrected chi connectivity index (χ2v) is 8.31. The van der Waals surface area contributed by atoms with E-state index in [0.717, 1.165) is 22.3 Å². The SMILES string of the molecule is COc1cc2nc(Cc3ccccc3)n(-c3ccc(C(O)(C(F)(F)F)C(F)(F)F)cc3)c(=O)c2cc1OC. The maximum atomic E-state index is 13.6. The van der Waals surface area contributed by atoms with Crippen LogP contribution < -0.4 is 15.0 Å². The van der Waals surface area contributed by atoms with Gasteiger partial charge in [0, 0.05) is 18.1 Å². The van der Waals surface area contributed by atoms with Gasteiger partial charge in [-0.25, -0.2) is 4.98 Å². The van der Waals surface area contributed by atoms with Gasteiger partial charge in [-0.1, -0.05) is 42.5 Å². The number of hydrogen-bond donors (Lipinski definition) is 1. The fourth-order valence-corrected chi connectivity index (χ4v) is 4.06. The fraction of sp³-hybridized carbons (Fsp3) is 0.231. The molecule has 0 spiro atoms. The van der Waals surface area contributed by atoms with Gasteiger partial charge in [-0.15, -0.1) is 0 Å². The van der Waals surface area contributed by atoms with Crippen molar-refractivity contribution in [1.29, 1.82) is 0 Å². The van der Waals surface area contributed by atoms with E-state index in [4.69, 9.17) is 9.47 Å². The molecule has 0 amide bonds. The monoisotopic (exact) mass is 538 g/mol. The summed E-state index contributed by atoms with van der Waals surface area (Å²) in [5, 5.41) is 9.79. The maximum absolute atomic E-state index is 13.6. The minimum absolute atomic E-state index is 0.0550. The zero-order valence-corrected chi connectivity index (χ0v) is 19.9. The third-order valence-corrected chi connectivity index (χ3v) is 6.01. The van der Waals surface area contributed by atoms with Gasteiger partial charge in [0.25, 0.3) is 11.2 Å². The van der Waals surface area contributed by atoms with Gasteiger partial charge in [0.05, 0.1) is 30.8 Å². The first kappa shape index (κ1) is 27.0. The highest BCUT2D eigenvalue weighted by molar-refractivity contribution is 5.82. The van der Waals surface area contributed by atoms with Crippen molar-refractivity contribution in [2.75, 3.05) is 14.2 Å². The number of hydrogen-bond acceptors (Lipinski definition) is 5. The summed E-state index contributed by atoms with van der Waals surface area (Å²) in [5.74, 6) is 0.686. The molecule has 0 bridgehead atoms. The maximum Gasteiger partial charge on any atom is 0.430 e. The smallest absolute Gasteiger partial charge is 0.430 e. The molecule has 200 valence electrons. The lowest BCUT2D eigenvalue weighted by Crippen LogP contribution is -2.53. The molecular weight excluding hydrogens is 518 g/mol. The summed E-state index contributed by atoms with van der Waals surface area (Å²) in [5.41, 5.74) is -6.25. The van der Waals surface area contributed by atoms with Gasteiger partial charge in [0.1, 0.15) is 5.82 Å². The number of ether oxygens (including phenoxy) is 2. The number of methoxy groups -OCH3 is 2. The predicted molar refractivity (Wildman–Crippen MR) is 126 cm³/mol. The quantitative estimate of drug-likeness (QED) is 0.337. The molecule has 12 heteroatoms. The molecule has 0 unspecified atom stereocenters. The van der Waals surface area contributed by atoms with E-state index >= 15 is 0 Å². The normalized spacial score (nSPS) is 12.6. The lowest BCUT2D eigenvalue weighted by Gasteiger charge is -2.32. The molecule has 3 aromatic carbocycles. The first-order valence-corrected chi connectivity index (χ1v) is 11.0. The topological polar surface area (TPSA) is 73.6 Å². The summed E-state index contributed by atoms with van der Waals surface area (Å²) in [6.45, 7) is 0. The summed E-state index contributed by atoms with van der Waals surface area (Å²) >= 11 is 0. The Morgan fingerprint density at radius 2 is 1.39 bits per heavy atom. The van der Waals surface area contributed by atoms with Crippen LogP contribution in [0.15, 0.2) is 71.5 Å². The first-order chi connectivity index (χ1) is 17.8. The van der Waals surface area contributed by atoms with E-state index in [9.17, 15) is 36.2 Å². The Bertz CT molecular complexity index is 1500. The highest BCUT2D eigenvalue weighted by atomic mass is 19.4. The molecule has 0 saturated heterocycles. The summed E-state index contributed by atoms with van der Waals surface area (Å²) in [7, 11) is 2.76. The molecule has 0 aliphatic heterocycles. The van der Waals surface area contributed by atoms with Crippen LogP contribution in [0.1, 0.15) is 17.0 Å². The van der Waals surface area contributed by atoms with Crippen molar-refractivity contribution in [1.82, 2.24) is 9.55 Å². The second kappa shape index (κ2) is 9.67. The summed E-state index contributed by atoms with van der Waals surface area (Å²) in [6, 6.07) is 14.5. The Labute approximate surface area is 211 Å². The molecule has 38 heavy (non-hydrogen) atoms. The number of halogens is 6. The molecule has 0 aliphatic rings. The molecule has 4 rings (SSSR count). The first-order valence-electron chi connectivity index (χ1n) is 11.0. The number of aromatic nitrogens is 2. The Morgan fingerprint density at radius 3 is 1.92 bits per heavy atom. The van der Waals surface area contributed by atoms with Gasteiger partial charge in [-0.2, -0.15) is 26.3 Å². The van der Waals surface area contributed by atoms with Crippen molar-refractivity contribution in [2.45, 2.75) is 24.4 Å². The van der Waals surface area contributed by atoms with E-state index < -0.39 is 29.1 Å². The zero-order valence-electron chi connectivity index (χ0n) is 19.9. The van der Waals surface area contributed by atoms with Crippen LogP contribution in [-0.2, 0) is 12.0 Å². The highest BCUT2D eigenvalue weighted by Crippen LogP contribution is 2.50. The molecule has 6 nitrogen and oxygen atoms in total. The van der Waals surface area contributed by atoms with Gasteiger partial charge < -0.3 is 14.6 Å². The van der Waals surface area contributed by atoms with Crippen LogP contribution in [-0.4, -0.2) is 41.2 Å². The molecular formula is C26H20F6N2O4. The standard InChI is InChI=1S/C26H20F6N2O4/c1-37-20-13-18-19(14-21(20)38-2)33-22(12-15-6-4-3-5-7-15)34(23(18)35)17-10-8-16(9-11-17)24(36,25(27,28)29)26(30,31)32/h3-11,13-14,36H,12H2,1-2H3. The number of nitrogens with zero attached hydrogens (tertiary/aromatic N) is 2. The summed E-state index contributed by atoms with van der Waals surface area (Å²) < 4.78 is 91.6. The number of benzene rings is 3. The Kier molecular flexibility index (Phi) is 6.87. The van der Waals surface area contributed by atoms with E-state index in [1.807, 2.05) is 0 Å². The lowest BCUT2D eigenvalue weighted by molar-refractivity contribution is -0.376. The van der Waals surface area contributed by atoms with E-state index in [-0.39, 0.29) is 34.6 Å². The van der Waals surface area contributed by atoms with E-state index in [2.05, 4.69) is 4.98 Å². The van der Waals surface area contributed by atoms with E-state index in [1.54, 1.807) is 30.3 Å². The van der Waals surface area contributed by atoms with E-state index in [0.29, 0.717) is 17.9 Å². The number of aliphatic hydroxyl groups is 1. The minimum Gasteiger partial charge on any atom is -0.493 e. The van der Waals surface area contributed by atoms with Crippen molar-refractivity contribution in [3.63, 3.8) is 0 Å². The van der Waals surface area contributed by atoms with Crippen LogP contribution in [0.5, 0.6) is 11.5 Å². The van der Waals surface area contributed by atoms with Gasteiger partial charge in [0.15, 0.2) is 11.5 Å². The molecule has 4 aromatic rings. The molecule has 1 N–H and O–H groups in total. The largest absolute Gasteiger partial charge is 0.493 e. The third kappa shape index (κ3) is 4.55. The van der Waals surface area contributed by atoms with Crippen LogP contribution in [0.3, 0.4) is 0 Å².